The van der Waals surface area contributed by atoms with E-state index >= 15 is 0 Å². The molecule has 0 saturated carbocycles. The van der Waals surface area contributed by atoms with E-state index in [0.29, 0.717) is 6.02 Å². The average Bonchev–Trinajstić information content (AvgIpc) is 2.62. The molecule has 0 fully saturated rings. The molecule has 2 aliphatic rings. The summed E-state index contributed by atoms with van der Waals surface area (Å²) in [6.45, 7) is 0.277. The van der Waals surface area contributed by atoms with Crippen LogP contribution in [0.3, 0.4) is 0 Å². The molecule has 0 saturated heterocycles. The van der Waals surface area contributed by atoms with E-state index in [1.165, 1.54) is 0 Å². The van der Waals surface area contributed by atoms with Crippen LogP contribution in [-0.2, 0) is 4.79 Å². The topological polar surface area (TPSA) is 41.9 Å². The number of amides is 1. The summed E-state index contributed by atoms with van der Waals surface area (Å²) in [5, 5.41) is 0. The van der Waals surface area contributed by atoms with Gasteiger partial charge in [-0.2, -0.15) is 4.99 Å². The van der Waals surface area contributed by atoms with E-state index in [2.05, 4.69) is 20.9 Å². The number of nitrogens with zero attached hydrogens (tertiary/aromatic N) is 2. The lowest BCUT2D eigenvalue weighted by molar-refractivity contribution is -0.115. The Labute approximate surface area is 88.3 Å². The second kappa shape index (κ2) is 2.57. The Hall–Kier alpha value is -1.36. The Morgan fingerprint density at radius 2 is 2.36 bits per heavy atom. The van der Waals surface area contributed by atoms with Crippen LogP contribution in [0.25, 0.3) is 0 Å². The van der Waals surface area contributed by atoms with Crippen LogP contribution in [0.15, 0.2) is 27.7 Å². The van der Waals surface area contributed by atoms with Gasteiger partial charge in [0.2, 0.25) is 0 Å². The monoisotopic (exact) mass is 252 g/mol. The molecule has 0 unspecified atom stereocenters. The van der Waals surface area contributed by atoms with Crippen molar-refractivity contribution in [2.75, 3.05) is 11.4 Å². The lowest BCUT2D eigenvalue weighted by atomic mass is 10.3. The van der Waals surface area contributed by atoms with Gasteiger partial charge in [-0.25, -0.2) is 0 Å². The predicted molar refractivity (Wildman–Crippen MR) is 54.6 cm³/mol. The van der Waals surface area contributed by atoms with Crippen molar-refractivity contribution in [2.24, 2.45) is 4.99 Å². The summed E-state index contributed by atoms with van der Waals surface area (Å²) >= 11 is 3.37. The Morgan fingerprint density at radius 3 is 3.21 bits per heavy atom. The fourth-order valence-electron chi connectivity index (χ4n) is 1.56. The third kappa shape index (κ3) is 0.988. The molecule has 3 rings (SSSR count). The van der Waals surface area contributed by atoms with Gasteiger partial charge in [0, 0.05) is 4.47 Å². The van der Waals surface area contributed by atoms with E-state index in [1.807, 2.05) is 18.2 Å². The number of hydrogen-bond acceptors (Lipinski definition) is 3. The zero-order valence-corrected chi connectivity index (χ0v) is 8.61. The molecular weight excluding hydrogens is 248 g/mol. The summed E-state index contributed by atoms with van der Waals surface area (Å²) in [5.74, 6) is 0.588. The van der Waals surface area contributed by atoms with Crippen molar-refractivity contribution < 1.29 is 9.53 Å². The number of hydrogen-bond donors (Lipinski definition) is 0. The number of carbonyl (C=O) groups excluding carboxylic acids is 1. The second-order valence-electron chi connectivity index (χ2n) is 3.09. The van der Waals surface area contributed by atoms with Crippen LogP contribution >= 0.6 is 15.9 Å². The van der Waals surface area contributed by atoms with Crippen LogP contribution in [0.5, 0.6) is 5.75 Å². The van der Waals surface area contributed by atoms with E-state index in [4.69, 9.17) is 4.74 Å². The molecule has 70 valence electrons. The van der Waals surface area contributed by atoms with Gasteiger partial charge in [-0.05, 0) is 18.2 Å². The Balaban J connectivity index is 2.14. The van der Waals surface area contributed by atoms with Gasteiger partial charge in [-0.15, -0.1) is 0 Å². The maximum atomic E-state index is 11.0. The van der Waals surface area contributed by atoms with Crippen LogP contribution < -0.4 is 9.64 Å². The van der Waals surface area contributed by atoms with Crippen molar-refractivity contribution in [3.05, 3.63) is 22.7 Å². The van der Waals surface area contributed by atoms with Crippen molar-refractivity contribution in [1.29, 1.82) is 0 Å². The van der Waals surface area contributed by atoms with Crippen LogP contribution in [0.1, 0.15) is 0 Å². The molecule has 1 aromatic carbocycles. The van der Waals surface area contributed by atoms with Crippen LogP contribution in [0.4, 0.5) is 5.69 Å². The number of fused-ring (bicyclic) bond motifs is 3. The van der Waals surface area contributed by atoms with Crippen molar-refractivity contribution in [2.45, 2.75) is 0 Å². The normalized spacial score (nSPS) is 17.6. The summed E-state index contributed by atoms with van der Waals surface area (Å²) in [4.78, 5) is 16.6. The molecule has 4 nitrogen and oxygen atoms in total. The first kappa shape index (κ1) is 7.99. The van der Waals surface area contributed by atoms with Gasteiger partial charge in [0.25, 0.3) is 5.91 Å². The third-order valence-electron chi connectivity index (χ3n) is 2.16. The van der Waals surface area contributed by atoms with Gasteiger partial charge in [0.15, 0.2) is 5.75 Å². The minimum Gasteiger partial charge on any atom is -0.423 e. The lowest BCUT2D eigenvalue weighted by Crippen LogP contribution is -2.25. The van der Waals surface area contributed by atoms with E-state index in [-0.39, 0.29) is 12.5 Å². The minimum absolute atomic E-state index is 0.161. The van der Waals surface area contributed by atoms with Gasteiger partial charge in [0.1, 0.15) is 6.54 Å². The fourth-order valence-corrected chi connectivity index (χ4v) is 1.91. The van der Waals surface area contributed by atoms with Crippen LogP contribution in [-0.4, -0.2) is 18.5 Å². The minimum atomic E-state index is -0.161. The first-order valence-corrected chi connectivity index (χ1v) is 4.90. The number of benzene rings is 1. The summed E-state index contributed by atoms with van der Waals surface area (Å²) in [7, 11) is 0. The highest BCUT2D eigenvalue weighted by Crippen LogP contribution is 2.38. The highest BCUT2D eigenvalue weighted by Gasteiger charge is 2.34. The Bertz CT molecular complexity index is 470. The van der Waals surface area contributed by atoms with Crippen molar-refractivity contribution in [3.63, 3.8) is 0 Å². The van der Waals surface area contributed by atoms with Gasteiger partial charge in [-0.3, -0.25) is 9.69 Å². The first-order valence-electron chi connectivity index (χ1n) is 4.10. The van der Waals surface area contributed by atoms with Gasteiger partial charge in [0.05, 0.1) is 5.69 Å². The van der Waals surface area contributed by atoms with E-state index in [9.17, 15) is 4.79 Å². The van der Waals surface area contributed by atoms with Crippen molar-refractivity contribution >= 4 is 33.5 Å². The summed E-state index contributed by atoms with van der Waals surface area (Å²) in [6.07, 6.45) is 0. The van der Waals surface area contributed by atoms with E-state index < -0.39 is 0 Å². The zero-order valence-electron chi connectivity index (χ0n) is 7.03. The van der Waals surface area contributed by atoms with Crippen molar-refractivity contribution in [1.82, 2.24) is 0 Å². The standard InChI is InChI=1S/C9H5BrN2O2/c10-5-1-2-7-6(3-5)12-4-8(13)11-9(12)14-7/h1-3H,4H2. The molecule has 1 amide bonds. The second-order valence-corrected chi connectivity index (χ2v) is 4.00. The number of rotatable bonds is 0. The SMILES string of the molecule is O=C1CN2C(=N1)Oc1ccc(Br)cc12. The van der Waals surface area contributed by atoms with E-state index in [0.717, 1.165) is 15.9 Å². The molecule has 0 atom stereocenters. The summed E-state index contributed by atoms with van der Waals surface area (Å²) in [6, 6.07) is 6.05. The summed E-state index contributed by atoms with van der Waals surface area (Å²) in [5.41, 5.74) is 0.893. The molecule has 1 aromatic rings. The number of carbonyl (C=O) groups is 1. The molecule has 0 aromatic heterocycles. The smallest absolute Gasteiger partial charge is 0.306 e. The molecule has 0 spiro atoms. The highest BCUT2D eigenvalue weighted by molar-refractivity contribution is 9.10. The molecule has 2 heterocycles. The van der Waals surface area contributed by atoms with Crippen LogP contribution in [0, 0.1) is 0 Å². The maximum absolute atomic E-state index is 11.0. The third-order valence-corrected chi connectivity index (χ3v) is 2.65. The first-order chi connectivity index (χ1) is 6.74. The van der Waals surface area contributed by atoms with Crippen LogP contribution in [0.2, 0.25) is 0 Å². The number of anilines is 1. The van der Waals surface area contributed by atoms with Gasteiger partial charge >= 0.3 is 6.02 Å². The predicted octanol–water partition coefficient (Wildman–Crippen LogP) is 1.54. The number of ether oxygens (including phenoxy) is 1. The van der Waals surface area contributed by atoms with Gasteiger partial charge < -0.3 is 4.74 Å². The number of halogens is 1. The molecule has 14 heavy (non-hydrogen) atoms. The number of aliphatic imine (C=N–C) groups is 1. The molecular formula is C9H5BrN2O2. The van der Waals surface area contributed by atoms with E-state index in [1.54, 1.807) is 4.90 Å². The lowest BCUT2D eigenvalue weighted by Gasteiger charge is -2.07. The number of amidine groups is 1. The molecule has 2 aliphatic heterocycles. The highest BCUT2D eigenvalue weighted by atomic mass is 79.9. The summed E-state index contributed by atoms with van der Waals surface area (Å²) < 4.78 is 6.35. The largest absolute Gasteiger partial charge is 0.423 e. The molecule has 0 aliphatic carbocycles. The van der Waals surface area contributed by atoms with Crippen molar-refractivity contribution in [3.8, 4) is 5.75 Å². The Kier molecular flexibility index (Phi) is 1.47. The molecule has 0 bridgehead atoms. The fraction of sp³-hybridized carbons (Fsp3) is 0.111. The van der Waals surface area contributed by atoms with Gasteiger partial charge in [-0.1, -0.05) is 15.9 Å². The molecule has 0 radical (unpaired) electrons. The maximum Gasteiger partial charge on any atom is 0.306 e. The zero-order chi connectivity index (χ0) is 9.71. The average molecular weight is 253 g/mol. The molecule has 5 heteroatoms. The quantitative estimate of drug-likeness (QED) is 0.704. The Morgan fingerprint density at radius 1 is 1.50 bits per heavy atom. The molecule has 0 N–H and O–H groups in total.